The van der Waals surface area contributed by atoms with Crippen LogP contribution in [0.2, 0.25) is 0 Å². The number of benzene rings is 1. The molecule has 2 N–H and O–H groups in total. The fourth-order valence-corrected chi connectivity index (χ4v) is 8.09. The van der Waals surface area contributed by atoms with Crippen molar-refractivity contribution in [1.82, 2.24) is 35.1 Å². The topological polar surface area (TPSA) is 143 Å². The van der Waals surface area contributed by atoms with Gasteiger partial charge in [0.2, 0.25) is 35.4 Å². The SMILES string of the molecule is CN[C@H](C(=O)N(C)[C@@H](CC(C)C)C(=O)N(C)[C@H](C(=O)N(C)[C@H](C(=O)N(C)[C@H](C(=O)N(C)[C@H](C(=O)NCCc1ccccc1)C(C)C)C(C)C)C(C)C)C(C)C)C(C)C. The summed E-state index contributed by atoms with van der Waals surface area (Å²) >= 11 is 0. The molecule has 0 aliphatic carbocycles. The van der Waals surface area contributed by atoms with Crippen LogP contribution in [-0.2, 0) is 35.2 Å². The maximum absolute atomic E-state index is 14.6. The second-order valence-electron chi connectivity index (χ2n) is 18.2. The highest BCUT2D eigenvalue weighted by Crippen LogP contribution is 2.25. The molecule has 6 amide bonds. The molecule has 13 heteroatoms. The van der Waals surface area contributed by atoms with Crippen LogP contribution in [0.5, 0.6) is 0 Å². The molecule has 0 heterocycles. The van der Waals surface area contributed by atoms with Crippen LogP contribution in [0.3, 0.4) is 0 Å². The van der Waals surface area contributed by atoms with Crippen molar-refractivity contribution in [1.29, 1.82) is 0 Å². The molecule has 0 saturated carbocycles. The summed E-state index contributed by atoms with van der Waals surface area (Å²) in [5, 5.41) is 6.07. The lowest BCUT2D eigenvalue weighted by Crippen LogP contribution is -2.63. The van der Waals surface area contributed by atoms with Crippen LogP contribution in [0.25, 0.3) is 0 Å². The predicted molar refractivity (Wildman–Crippen MR) is 232 cm³/mol. The fraction of sp³-hybridized carbons (Fsp3) is 0.733. The smallest absolute Gasteiger partial charge is 0.246 e. The second-order valence-corrected chi connectivity index (χ2v) is 18.2. The zero-order chi connectivity index (χ0) is 44.9. The minimum absolute atomic E-state index is 0.00737. The number of carbonyl (C=O) groups excluding carboxylic acids is 6. The first-order valence-corrected chi connectivity index (χ1v) is 21.2. The molecule has 6 atom stereocenters. The minimum atomic E-state index is -0.970. The van der Waals surface area contributed by atoms with E-state index in [0.29, 0.717) is 19.4 Å². The molecular weight excluding hydrogens is 735 g/mol. The van der Waals surface area contributed by atoms with Gasteiger partial charge < -0.3 is 35.1 Å². The summed E-state index contributed by atoms with van der Waals surface area (Å²) in [6.07, 6.45) is 1.05. The van der Waals surface area contributed by atoms with Gasteiger partial charge in [0.25, 0.3) is 0 Å². The van der Waals surface area contributed by atoms with Gasteiger partial charge in [-0.05, 0) is 61.0 Å². The van der Waals surface area contributed by atoms with Gasteiger partial charge in [-0.3, -0.25) is 28.8 Å². The van der Waals surface area contributed by atoms with Crippen LogP contribution in [0, 0.1) is 35.5 Å². The van der Waals surface area contributed by atoms with Crippen molar-refractivity contribution < 1.29 is 28.8 Å². The molecule has 1 aromatic carbocycles. The van der Waals surface area contributed by atoms with E-state index in [1.807, 2.05) is 113 Å². The maximum atomic E-state index is 14.6. The highest BCUT2D eigenvalue weighted by atomic mass is 16.2. The normalized spacial score (nSPS) is 14.9. The molecule has 13 nitrogen and oxygen atoms in total. The Morgan fingerprint density at radius 3 is 1.22 bits per heavy atom. The van der Waals surface area contributed by atoms with Gasteiger partial charge in [-0.2, -0.15) is 0 Å². The number of likely N-dealkylation sites (N-methyl/N-ethyl adjacent to an activating group) is 6. The molecule has 0 radical (unpaired) electrons. The first-order chi connectivity index (χ1) is 26.8. The maximum Gasteiger partial charge on any atom is 0.246 e. The number of amides is 6. The molecule has 0 fully saturated rings. The number of nitrogens with one attached hydrogen (secondary N) is 2. The minimum Gasteiger partial charge on any atom is -0.354 e. The molecule has 0 unspecified atom stereocenters. The predicted octanol–water partition coefficient (Wildman–Crippen LogP) is 4.39. The van der Waals surface area contributed by atoms with Crippen LogP contribution in [0.1, 0.15) is 95.1 Å². The first kappa shape index (κ1) is 52.0. The van der Waals surface area contributed by atoms with Gasteiger partial charge in [0.05, 0.1) is 6.04 Å². The van der Waals surface area contributed by atoms with E-state index in [0.717, 1.165) is 5.56 Å². The molecule has 58 heavy (non-hydrogen) atoms. The highest BCUT2D eigenvalue weighted by molar-refractivity contribution is 5.97. The van der Waals surface area contributed by atoms with Crippen molar-refractivity contribution in [2.45, 2.75) is 132 Å². The van der Waals surface area contributed by atoms with E-state index in [4.69, 9.17) is 0 Å². The monoisotopic (exact) mass is 814 g/mol. The number of hydrogen-bond acceptors (Lipinski definition) is 7. The second kappa shape index (κ2) is 23.6. The molecule has 1 aromatic rings. The standard InChI is InChI=1S/C45H79N7O6/c1-27(2)26-34(48(14)42(55)35(46-13)28(3)4)41(54)50(16)37(30(7)8)44(57)52(18)39(32(11)12)45(58)51(17)38(31(9)10)43(56)49(15)36(29(5)6)40(53)47-25-24-33-22-20-19-21-23-33/h19-23,27-32,34-39,46H,24-26H2,1-18H3,(H,47,53)/t34-,35-,36-,37-,38-,39-/m0/s1. The van der Waals surface area contributed by atoms with Gasteiger partial charge >= 0.3 is 0 Å². The third-order valence-electron chi connectivity index (χ3n) is 11.2. The summed E-state index contributed by atoms with van der Waals surface area (Å²) < 4.78 is 0. The van der Waals surface area contributed by atoms with Gasteiger partial charge in [0.15, 0.2) is 0 Å². The Morgan fingerprint density at radius 1 is 0.500 bits per heavy atom. The van der Waals surface area contributed by atoms with Crippen molar-refractivity contribution in [2.75, 3.05) is 48.8 Å². The van der Waals surface area contributed by atoms with Crippen LogP contribution in [0.4, 0.5) is 0 Å². The quantitative estimate of drug-likeness (QED) is 0.177. The summed E-state index contributed by atoms with van der Waals surface area (Å²) in [7, 11) is 9.70. The van der Waals surface area contributed by atoms with Crippen LogP contribution >= 0.6 is 0 Å². The fourth-order valence-electron chi connectivity index (χ4n) is 8.09. The van der Waals surface area contributed by atoms with Crippen molar-refractivity contribution in [2.24, 2.45) is 35.5 Å². The number of hydrogen-bond donors (Lipinski definition) is 2. The highest BCUT2D eigenvalue weighted by Gasteiger charge is 2.44. The number of carbonyl (C=O) groups is 6. The zero-order valence-corrected chi connectivity index (χ0v) is 39.1. The van der Waals surface area contributed by atoms with Crippen molar-refractivity contribution in [3.8, 4) is 0 Å². The summed E-state index contributed by atoms with van der Waals surface area (Å²) in [5.41, 5.74) is 1.09. The lowest BCUT2D eigenvalue weighted by atomic mass is 9.93. The molecule has 330 valence electrons. The van der Waals surface area contributed by atoms with E-state index in [2.05, 4.69) is 10.6 Å². The van der Waals surface area contributed by atoms with Gasteiger partial charge in [0, 0.05) is 41.8 Å². The van der Waals surface area contributed by atoms with Gasteiger partial charge in [0.1, 0.15) is 30.2 Å². The lowest BCUT2D eigenvalue weighted by molar-refractivity contribution is -0.158. The summed E-state index contributed by atoms with van der Waals surface area (Å²) in [4.78, 5) is 92.4. The molecule has 1 rings (SSSR count). The van der Waals surface area contributed by atoms with Crippen molar-refractivity contribution in [3.05, 3.63) is 35.9 Å². The molecule has 0 saturated heterocycles. The summed E-state index contributed by atoms with van der Waals surface area (Å²) in [6, 6.07) is 4.93. The van der Waals surface area contributed by atoms with Gasteiger partial charge in [-0.15, -0.1) is 0 Å². The number of rotatable bonds is 22. The van der Waals surface area contributed by atoms with E-state index in [9.17, 15) is 28.8 Å². The molecule has 0 bridgehead atoms. The number of nitrogens with zero attached hydrogens (tertiary/aromatic N) is 5. The van der Waals surface area contributed by atoms with Crippen LogP contribution in [-0.4, -0.2) is 145 Å². The molecule has 0 aromatic heterocycles. The Hall–Kier alpha value is -4.00. The third-order valence-corrected chi connectivity index (χ3v) is 11.2. The molecule has 0 aliphatic rings. The zero-order valence-electron chi connectivity index (χ0n) is 39.1. The molecular formula is C45H79N7O6. The average Bonchev–Trinajstić information content (AvgIpc) is 3.12. The first-order valence-electron chi connectivity index (χ1n) is 21.2. The Kier molecular flexibility index (Phi) is 21.1. The van der Waals surface area contributed by atoms with E-state index in [1.54, 1.807) is 42.3 Å². The Morgan fingerprint density at radius 2 is 0.879 bits per heavy atom. The van der Waals surface area contributed by atoms with Crippen molar-refractivity contribution >= 4 is 35.4 Å². The molecule has 0 spiro atoms. The average molecular weight is 814 g/mol. The summed E-state index contributed by atoms with van der Waals surface area (Å²) in [6.45, 7) is 23.2. The van der Waals surface area contributed by atoms with Crippen LogP contribution in [0.15, 0.2) is 30.3 Å². The van der Waals surface area contributed by atoms with E-state index >= 15 is 0 Å². The van der Waals surface area contributed by atoms with Crippen LogP contribution < -0.4 is 10.6 Å². The van der Waals surface area contributed by atoms with E-state index in [1.165, 1.54) is 24.5 Å². The van der Waals surface area contributed by atoms with Gasteiger partial charge in [-0.1, -0.05) is 113 Å². The van der Waals surface area contributed by atoms with E-state index < -0.39 is 48.1 Å². The lowest BCUT2D eigenvalue weighted by Gasteiger charge is -2.42. The Balaban J connectivity index is 3.45. The largest absolute Gasteiger partial charge is 0.354 e. The Bertz CT molecular complexity index is 1500. The molecule has 0 aliphatic heterocycles. The Labute approximate surface area is 351 Å². The van der Waals surface area contributed by atoms with E-state index in [-0.39, 0.29) is 59.1 Å². The van der Waals surface area contributed by atoms with Gasteiger partial charge in [-0.25, -0.2) is 0 Å². The third kappa shape index (κ3) is 13.5. The summed E-state index contributed by atoms with van der Waals surface area (Å²) in [5.74, 6) is -3.20. The van der Waals surface area contributed by atoms with Crippen molar-refractivity contribution in [3.63, 3.8) is 0 Å².